The van der Waals surface area contributed by atoms with Crippen LogP contribution in [0.1, 0.15) is 26.2 Å². The normalized spacial score (nSPS) is 19.0. The maximum absolute atomic E-state index is 12.1. The van der Waals surface area contributed by atoms with Crippen LogP contribution in [0.4, 0.5) is 5.69 Å². The van der Waals surface area contributed by atoms with Crippen molar-refractivity contribution in [1.29, 1.82) is 0 Å². The Kier molecular flexibility index (Phi) is 6.41. The molecule has 0 spiro atoms. The molecule has 0 radical (unpaired) electrons. The summed E-state index contributed by atoms with van der Waals surface area (Å²) in [5.41, 5.74) is 0.999. The van der Waals surface area contributed by atoms with Crippen LogP contribution in [0.25, 0.3) is 0 Å². The van der Waals surface area contributed by atoms with Crippen LogP contribution in [0.5, 0.6) is 0 Å². The van der Waals surface area contributed by atoms with Gasteiger partial charge in [-0.05, 0) is 31.4 Å². The Labute approximate surface area is 138 Å². The van der Waals surface area contributed by atoms with E-state index in [1.165, 1.54) is 4.31 Å². The van der Waals surface area contributed by atoms with E-state index >= 15 is 0 Å². The van der Waals surface area contributed by atoms with Gasteiger partial charge in [0.05, 0.1) is 12.3 Å². The molecule has 2 rings (SSSR count). The summed E-state index contributed by atoms with van der Waals surface area (Å²) in [6.45, 7) is 2.97. The van der Waals surface area contributed by atoms with Gasteiger partial charge in [-0.3, -0.25) is 4.79 Å². The second-order valence-electron chi connectivity index (χ2n) is 5.78. The quantitative estimate of drug-likeness (QED) is 0.787. The molecule has 1 saturated heterocycles. The zero-order chi connectivity index (χ0) is 16.7. The van der Waals surface area contributed by atoms with E-state index in [1.807, 2.05) is 37.3 Å². The minimum Gasteiger partial charge on any atom is -0.383 e. The molecule has 1 fully saturated rings. The zero-order valence-corrected chi connectivity index (χ0v) is 14.3. The minimum atomic E-state index is -3.26. The van der Waals surface area contributed by atoms with Crippen LogP contribution in [0.2, 0.25) is 0 Å². The third-order valence-electron chi connectivity index (χ3n) is 3.96. The van der Waals surface area contributed by atoms with Gasteiger partial charge in [-0.15, -0.1) is 0 Å². The van der Waals surface area contributed by atoms with Crippen molar-refractivity contribution < 1.29 is 13.2 Å². The van der Waals surface area contributed by atoms with Crippen LogP contribution in [0.3, 0.4) is 0 Å². The lowest BCUT2D eigenvalue weighted by Crippen LogP contribution is -2.48. The van der Waals surface area contributed by atoms with E-state index in [9.17, 15) is 13.2 Å². The maximum atomic E-state index is 12.1. The predicted molar refractivity (Wildman–Crippen MR) is 91.7 cm³/mol. The van der Waals surface area contributed by atoms with E-state index < -0.39 is 10.0 Å². The fraction of sp³-hybridized carbons (Fsp3) is 0.562. The Morgan fingerprint density at radius 3 is 2.65 bits per heavy atom. The number of carbonyl (C=O) groups excluding carboxylic acids is 1. The topological polar surface area (TPSA) is 78.5 Å². The van der Waals surface area contributed by atoms with Gasteiger partial charge in [0.2, 0.25) is 15.9 Å². The number of nitrogens with zero attached hydrogens (tertiary/aromatic N) is 1. The first-order valence-electron chi connectivity index (χ1n) is 8.07. The van der Waals surface area contributed by atoms with Crippen molar-refractivity contribution in [3.8, 4) is 0 Å². The van der Waals surface area contributed by atoms with E-state index in [0.29, 0.717) is 19.5 Å². The van der Waals surface area contributed by atoms with E-state index in [2.05, 4.69) is 10.6 Å². The van der Waals surface area contributed by atoms with E-state index in [0.717, 1.165) is 18.5 Å². The molecule has 0 aliphatic carbocycles. The molecule has 23 heavy (non-hydrogen) atoms. The fourth-order valence-corrected chi connectivity index (χ4v) is 4.09. The summed E-state index contributed by atoms with van der Waals surface area (Å²) < 4.78 is 25.1. The summed E-state index contributed by atoms with van der Waals surface area (Å²) in [7, 11) is -3.26. The molecule has 7 heteroatoms. The van der Waals surface area contributed by atoms with Gasteiger partial charge in [-0.25, -0.2) is 8.42 Å². The van der Waals surface area contributed by atoms with Crippen LogP contribution in [-0.4, -0.2) is 50.1 Å². The molecule has 0 aromatic heterocycles. The van der Waals surface area contributed by atoms with Crippen molar-refractivity contribution in [3.05, 3.63) is 30.3 Å². The summed E-state index contributed by atoms with van der Waals surface area (Å²) in [5.74, 6) is -0.0928. The van der Waals surface area contributed by atoms with Crippen molar-refractivity contribution in [3.63, 3.8) is 0 Å². The number of rotatable bonds is 7. The molecule has 128 valence electrons. The minimum absolute atomic E-state index is 0.0322. The van der Waals surface area contributed by atoms with Gasteiger partial charge in [0.15, 0.2) is 0 Å². The molecule has 6 nitrogen and oxygen atoms in total. The molecule has 2 N–H and O–H groups in total. The van der Waals surface area contributed by atoms with E-state index in [-0.39, 0.29) is 24.2 Å². The average Bonchev–Trinajstić information content (AvgIpc) is 2.54. The number of sulfonamides is 1. The molecule has 1 aromatic rings. The highest BCUT2D eigenvalue weighted by Gasteiger charge is 2.27. The molecule has 1 amide bonds. The number of anilines is 1. The Hall–Kier alpha value is -1.60. The number of nitrogens with one attached hydrogen (secondary N) is 2. The number of benzene rings is 1. The largest absolute Gasteiger partial charge is 0.383 e. The third kappa shape index (κ3) is 5.51. The highest BCUT2D eigenvalue weighted by atomic mass is 32.2. The summed E-state index contributed by atoms with van der Waals surface area (Å²) in [6.07, 6.45) is 2.27. The van der Waals surface area contributed by atoms with Gasteiger partial charge in [0, 0.05) is 24.8 Å². The standard InChI is InChI=1S/C16H25N3O3S/c1-2-14(12-17-15-8-4-3-5-9-15)18-16(20)13-19-10-6-7-11-23(19,21)22/h3-5,8-9,14,17H,2,6-7,10-13H2,1H3,(H,18,20). The number of amides is 1. The van der Waals surface area contributed by atoms with Crippen molar-refractivity contribution in [2.24, 2.45) is 0 Å². The van der Waals surface area contributed by atoms with Crippen LogP contribution in [0, 0.1) is 0 Å². The number of carbonyl (C=O) groups is 1. The molecule has 1 unspecified atom stereocenters. The summed E-state index contributed by atoms with van der Waals surface area (Å²) >= 11 is 0. The molecule has 1 aromatic carbocycles. The van der Waals surface area contributed by atoms with Crippen molar-refractivity contribution in [2.75, 3.05) is 30.7 Å². The Morgan fingerprint density at radius 1 is 1.26 bits per heavy atom. The van der Waals surface area contributed by atoms with E-state index in [1.54, 1.807) is 0 Å². The molecule has 1 aliphatic heterocycles. The third-order valence-corrected chi connectivity index (χ3v) is 5.86. The number of para-hydroxylation sites is 1. The fourth-order valence-electron chi connectivity index (χ4n) is 2.55. The predicted octanol–water partition coefficient (Wildman–Crippen LogP) is 1.42. The molecule has 1 atom stereocenters. The van der Waals surface area contributed by atoms with Gasteiger partial charge < -0.3 is 10.6 Å². The van der Waals surface area contributed by atoms with Gasteiger partial charge >= 0.3 is 0 Å². The first-order chi connectivity index (χ1) is 11.0. The van der Waals surface area contributed by atoms with Gasteiger partial charge in [-0.2, -0.15) is 4.31 Å². The second kappa shape index (κ2) is 8.31. The Bertz CT molecular complexity index is 604. The van der Waals surface area contributed by atoms with Gasteiger partial charge in [-0.1, -0.05) is 25.1 Å². The zero-order valence-electron chi connectivity index (χ0n) is 13.5. The lowest BCUT2D eigenvalue weighted by Gasteiger charge is -2.26. The lowest BCUT2D eigenvalue weighted by atomic mass is 10.2. The Balaban J connectivity index is 1.82. The molecule has 0 bridgehead atoms. The van der Waals surface area contributed by atoms with Crippen LogP contribution < -0.4 is 10.6 Å². The smallest absolute Gasteiger partial charge is 0.235 e. The van der Waals surface area contributed by atoms with Crippen molar-refractivity contribution in [1.82, 2.24) is 9.62 Å². The van der Waals surface area contributed by atoms with Crippen LogP contribution in [0.15, 0.2) is 30.3 Å². The molecule has 1 heterocycles. The number of hydrogen-bond acceptors (Lipinski definition) is 4. The lowest BCUT2D eigenvalue weighted by molar-refractivity contribution is -0.122. The maximum Gasteiger partial charge on any atom is 0.235 e. The van der Waals surface area contributed by atoms with Crippen molar-refractivity contribution >= 4 is 21.6 Å². The molecular weight excluding hydrogens is 314 g/mol. The van der Waals surface area contributed by atoms with E-state index in [4.69, 9.17) is 0 Å². The van der Waals surface area contributed by atoms with Gasteiger partial charge in [0.1, 0.15) is 0 Å². The Morgan fingerprint density at radius 2 is 2.00 bits per heavy atom. The number of hydrogen-bond donors (Lipinski definition) is 2. The average molecular weight is 339 g/mol. The highest BCUT2D eigenvalue weighted by Crippen LogP contribution is 2.13. The van der Waals surface area contributed by atoms with Crippen molar-refractivity contribution in [2.45, 2.75) is 32.2 Å². The summed E-state index contributed by atoms with van der Waals surface area (Å²) in [4.78, 5) is 12.1. The SMILES string of the molecule is CCC(CNc1ccccc1)NC(=O)CN1CCCCS1(=O)=O. The first-order valence-corrected chi connectivity index (χ1v) is 9.68. The monoisotopic (exact) mass is 339 g/mol. The second-order valence-corrected chi connectivity index (χ2v) is 7.86. The molecule has 0 saturated carbocycles. The van der Waals surface area contributed by atoms with Gasteiger partial charge in [0.25, 0.3) is 0 Å². The highest BCUT2D eigenvalue weighted by molar-refractivity contribution is 7.89. The molecule has 1 aliphatic rings. The van der Waals surface area contributed by atoms with Crippen LogP contribution >= 0.6 is 0 Å². The van der Waals surface area contributed by atoms with Crippen LogP contribution in [-0.2, 0) is 14.8 Å². The first kappa shape index (κ1) is 17.7. The molecular formula is C16H25N3O3S. The summed E-state index contributed by atoms with van der Waals surface area (Å²) in [5, 5.41) is 6.19. The summed E-state index contributed by atoms with van der Waals surface area (Å²) in [6, 6.07) is 9.74.